The number of hydrogen-bond donors (Lipinski definition) is 2. The molecule has 0 aromatic heterocycles. The van der Waals surface area contributed by atoms with Crippen molar-refractivity contribution in [1.29, 1.82) is 0 Å². The molecule has 150 valence electrons. The van der Waals surface area contributed by atoms with Crippen LogP contribution in [-0.4, -0.2) is 45.6 Å². The van der Waals surface area contributed by atoms with Crippen molar-refractivity contribution in [3.05, 3.63) is 59.7 Å². The highest BCUT2D eigenvalue weighted by molar-refractivity contribution is 7.89. The zero-order chi connectivity index (χ0) is 20.0. The first-order chi connectivity index (χ1) is 13.5. The Morgan fingerprint density at radius 3 is 2.68 bits per heavy atom. The fraction of sp³-hybridized carbons (Fsp3) is 0.350. The number of benzene rings is 2. The van der Waals surface area contributed by atoms with Crippen molar-refractivity contribution >= 4 is 16.1 Å². The van der Waals surface area contributed by atoms with Gasteiger partial charge in [-0.2, -0.15) is 0 Å². The van der Waals surface area contributed by atoms with Crippen molar-refractivity contribution in [2.75, 3.05) is 26.2 Å². The molecule has 1 aliphatic rings. The normalized spacial score (nSPS) is 13.7. The third-order valence-electron chi connectivity index (χ3n) is 4.52. The summed E-state index contributed by atoms with van der Waals surface area (Å²) in [5, 5.41) is 2.78. The number of amides is 2. The van der Waals surface area contributed by atoms with Crippen LogP contribution in [0.25, 0.3) is 0 Å². The summed E-state index contributed by atoms with van der Waals surface area (Å²) in [7, 11) is -3.65. The standard InChI is InChI=1S/C20H25N3O4S/c1-2-21-20(24)23-12-10-16-8-9-19(14-17(16)15-23)28(25,26)22-11-13-27-18-6-4-3-5-7-18/h3-9,14,22H,2,10-13,15H2,1H3,(H,21,24). The van der Waals surface area contributed by atoms with Gasteiger partial charge in [-0.05, 0) is 48.7 Å². The fourth-order valence-electron chi connectivity index (χ4n) is 3.08. The number of nitrogens with one attached hydrogen (secondary N) is 2. The smallest absolute Gasteiger partial charge is 0.317 e. The second-order valence-electron chi connectivity index (χ2n) is 6.50. The van der Waals surface area contributed by atoms with Gasteiger partial charge >= 0.3 is 6.03 Å². The van der Waals surface area contributed by atoms with Crippen LogP contribution in [0.1, 0.15) is 18.1 Å². The first-order valence-electron chi connectivity index (χ1n) is 9.31. The lowest BCUT2D eigenvalue weighted by molar-refractivity contribution is 0.193. The van der Waals surface area contributed by atoms with E-state index in [1.165, 1.54) is 0 Å². The third-order valence-corrected chi connectivity index (χ3v) is 5.98. The van der Waals surface area contributed by atoms with E-state index in [0.29, 0.717) is 31.8 Å². The van der Waals surface area contributed by atoms with E-state index in [0.717, 1.165) is 11.1 Å². The number of para-hydroxylation sites is 1. The molecule has 2 aromatic rings. The Bertz CT molecular complexity index is 916. The lowest BCUT2D eigenvalue weighted by Crippen LogP contribution is -2.42. The van der Waals surface area contributed by atoms with E-state index in [1.807, 2.05) is 43.3 Å². The Balaban J connectivity index is 1.61. The Morgan fingerprint density at radius 2 is 1.93 bits per heavy atom. The Labute approximate surface area is 165 Å². The van der Waals surface area contributed by atoms with Gasteiger partial charge in [0.1, 0.15) is 12.4 Å². The van der Waals surface area contributed by atoms with Crippen molar-refractivity contribution in [2.45, 2.75) is 24.8 Å². The molecule has 0 spiro atoms. The van der Waals surface area contributed by atoms with Crippen LogP contribution in [0.2, 0.25) is 0 Å². The van der Waals surface area contributed by atoms with Crippen molar-refractivity contribution < 1.29 is 17.9 Å². The van der Waals surface area contributed by atoms with E-state index in [4.69, 9.17) is 4.74 Å². The summed E-state index contributed by atoms with van der Waals surface area (Å²) >= 11 is 0. The molecular weight excluding hydrogens is 378 g/mol. The topological polar surface area (TPSA) is 87.7 Å². The van der Waals surface area contributed by atoms with Gasteiger partial charge in [0.05, 0.1) is 4.90 Å². The summed E-state index contributed by atoms with van der Waals surface area (Å²) in [6.07, 6.45) is 0.713. The molecule has 2 aromatic carbocycles. The highest BCUT2D eigenvalue weighted by atomic mass is 32.2. The van der Waals surface area contributed by atoms with E-state index in [1.54, 1.807) is 17.0 Å². The number of urea groups is 1. The van der Waals surface area contributed by atoms with Gasteiger partial charge in [-0.25, -0.2) is 17.9 Å². The third kappa shape index (κ3) is 5.02. The molecule has 28 heavy (non-hydrogen) atoms. The molecule has 3 rings (SSSR count). The molecule has 1 heterocycles. The predicted octanol–water partition coefficient (Wildman–Crippen LogP) is 2.13. The number of fused-ring (bicyclic) bond motifs is 1. The second kappa shape index (κ2) is 9.07. The van der Waals surface area contributed by atoms with Crippen LogP contribution in [0.3, 0.4) is 0 Å². The maximum atomic E-state index is 12.6. The van der Waals surface area contributed by atoms with E-state index < -0.39 is 10.0 Å². The quantitative estimate of drug-likeness (QED) is 0.694. The molecule has 2 amide bonds. The number of sulfonamides is 1. The van der Waals surface area contributed by atoms with E-state index in [-0.39, 0.29) is 24.1 Å². The average molecular weight is 404 g/mol. The first kappa shape index (κ1) is 20.2. The van der Waals surface area contributed by atoms with Gasteiger partial charge in [0.25, 0.3) is 0 Å². The van der Waals surface area contributed by atoms with Gasteiger partial charge < -0.3 is 15.0 Å². The number of nitrogens with zero attached hydrogens (tertiary/aromatic N) is 1. The molecule has 8 heteroatoms. The van der Waals surface area contributed by atoms with Crippen LogP contribution < -0.4 is 14.8 Å². The molecule has 7 nitrogen and oxygen atoms in total. The maximum Gasteiger partial charge on any atom is 0.317 e. The molecule has 0 unspecified atom stereocenters. The summed E-state index contributed by atoms with van der Waals surface area (Å²) in [5.74, 6) is 0.695. The molecule has 0 bridgehead atoms. The van der Waals surface area contributed by atoms with Crippen LogP contribution in [0.5, 0.6) is 5.75 Å². The average Bonchev–Trinajstić information content (AvgIpc) is 2.71. The van der Waals surface area contributed by atoms with Gasteiger partial charge in [-0.3, -0.25) is 0 Å². The molecule has 0 saturated carbocycles. The largest absolute Gasteiger partial charge is 0.492 e. The summed E-state index contributed by atoms with van der Waals surface area (Å²) in [6, 6.07) is 14.2. The van der Waals surface area contributed by atoms with Crippen LogP contribution in [-0.2, 0) is 23.0 Å². The Hall–Kier alpha value is -2.58. The fourth-order valence-corrected chi connectivity index (χ4v) is 4.15. The van der Waals surface area contributed by atoms with E-state index in [9.17, 15) is 13.2 Å². The Morgan fingerprint density at radius 1 is 1.14 bits per heavy atom. The molecule has 0 saturated heterocycles. The van der Waals surface area contributed by atoms with Crippen LogP contribution in [0, 0.1) is 0 Å². The Kier molecular flexibility index (Phi) is 6.53. The summed E-state index contributed by atoms with van der Waals surface area (Å²) in [5.41, 5.74) is 1.94. The summed E-state index contributed by atoms with van der Waals surface area (Å²) in [4.78, 5) is 13.9. The molecule has 0 aliphatic carbocycles. The van der Waals surface area contributed by atoms with Crippen molar-refractivity contribution in [3.63, 3.8) is 0 Å². The molecule has 0 atom stereocenters. The number of hydrogen-bond acceptors (Lipinski definition) is 4. The molecule has 0 radical (unpaired) electrons. The van der Waals surface area contributed by atoms with Crippen molar-refractivity contribution in [3.8, 4) is 5.75 Å². The lowest BCUT2D eigenvalue weighted by atomic mass is 10.0. The highest BCUT2D eigenvalue weighted by Crippen LogP contribution is 2.22. The zero-order valence-corrected chi connectivity index (χ0v) is 16.7. The number of ether oxygens (including phenoxy) is 1. The minimum Gasteiger partial charge on any atom is -0.492 e. The monoisotopic (exact) mass is 403 g/mol. The predicted molar refractivity (Wildman–Crippen MR) is 107 cm³/mol. The minimum absolute atomic E-state index is 0.127. The van der Waals surface area contributed by atoms with E-state index >= 15 is 0 Å². The summed E-state index contributed by atoms with van der Waals surface area (Å²) in [6.45, 7) is 3.86. The van der Waals surface area contributed by atoms with Crippen LogP contribution >= 0.6 is 0 Å². The van der Waals surface area contributed by atoms with Gasteiger partial charge in [0.15, 0.2) is 0 Å². The lowest BCUT2D eigenvalue weighted by Gasteiger charge is -2.29. The SMILES string of the molecule is CCNC(=O)N1CCc2ccc(S(=O)(=O)NCCOc3ccccc3)cc2C1. The molecular formula is C20H25N3O4S. The van der Waals surface area contributed by atoms with Crippen LogP contribution in [0.4, 0.5) is 4.79 Å². The van der Waals surface area contributed by atoms with Crippen molar-refractivity contribution in [2.24, 2.45) is 0 Å². The van der Waals surface area contributed by atoms with Gasteiger partial charge in [0.2, 0.25) is 10.0 Å². The number of carbonyl (C=O) groups is 1. The highest BCUT2D eigenvalue weighted by Gasteiger charge is 2.22. The van der Waals surface area contributed by atoms with Gasteiger partial charge in [-0.15, -0.1) is 0 Å². The first-order valence-corrected chi connectivity index (χ1v) is 10.8. The van der Waals surface area contributed by atoms with Gasteiger partial charge in [0, 0.05) is 26.2 Å². The van der Waals surface area contributed by atoms with Gasteiger partial charge in [-0.1, -0.05) is 24.3 Å². The van der Waals surface area contributed by atoms with E-state index in [2.05, 4.69) is 10.0 Å². The maximum absolute atomic E-state index is 12.6. The molecule has 2 N–H and O–H groups in total. The number of carbonyl (C=O) groups excluding carboxylic acids is 1. The second-order valence-corrected chi connectivity index (χ2v) is 8.26. The molecule has 1 aliphatic heterocycles. The summed E-state index contributed by atoms with van der Waals surface area (Å²) < 4.78 is 33.2. The van der Waals surface area contributed by atoms with Crippen molar-refractivity contribution in [1.82, 2.24) is 14.9 Å². The minimum atomic E-state index is -3.65. The zero-order valence-electron chi connectivity index (χ0n) is 15.8. The number of rotatable bonds is 7. The van der Waals surface area contributed by atoms with Crippen LogP contribution in [0.15, 0.2) is 53.4 Å². The molecule has 0 fully saturated rings.